The molecule has 0 saturated heterocycles. The molecule has 0 spiro atoms. The molecule has 1 aliphatic rings. The third kappa shape index (κ3) is 4.28. The van der Waals surface area contributed by atoms with Crippen LogP contribution >= 0.6 is 11.6 Å². The van der Waals surface area contributed by atoms with E-state index in [4.69, 9.17) is 21.3 Å². The smallest absolute Gasteiger partial charge is 0.339 e. The maximum atomic E-state index is 13.4. The number of aryl methyl sites for hydroxylation is 1. The molecule has 4 aromatic rings. The van der Waals surface area contributed by atoms with Gasteiger partial charge in [0.05, 0.1) is 16.8 Å². The molecule has 2 aromatic heterocycles. The van der Waals surface area contributed by atoms with Gasteiger partial charge in [-0.1, -0.05) is 41.9 Å². The van der Waals surface area contributed by atoms with E-state index >= 15 is 0 Å². The number of aromatic nitrogens is 2. The minimum atomic E-state index is -0.494. The van der Waals surface area contributed by atoms with E-state index in [0.29, 0.717) is 22.6 Å². The highest BCUT2D eigenvalue weighted by Crippen LogP contribution is 2.38. The SMILES string of the molecule is Cc1cc(C(=O)COC(=O)c2c3c(nc4ccccc24)C(=Cc2ccc(Cl)cc2)CC3)c(C)n1C. The van der Waals surface area contributed by atoms with Crippen LogP contribution in [0.2, 0.25) is 5.02 Å². The number of benzene rings is 2. The number of hydrogen-bond acceptors (Lipinski definition) is 4. The largest absolute Gasteiger partial charge is 0.454 e. The van der Waals surface area contributed by atoms with E-state index in [9.17, 15) is 9.59 Å². The summed E-state index contributed by atoms with van der Waals surface area (Å²) in [6, 6.07) is 17.0. The van der Waals surface area contributed by atoms with Gasteiger partial charge in [0.25, 0.3) is 0 Å². The van der Waals surface area contributed by atoms with Crippen molar-refractivity contribution in [1.82, 2.24) is 9.55 Å². The zero-order chi connectivity index (χ0) is 24.7. The minimum absolute atomic E-state index is 0.210. The Balaban J connectivity index is 1.49. The van der Waals surface area contributed by atoms with Gasteiger partial charge in [-0.15, -0.1) is 0 Å². The number of fused-ring (bicyclic) bond motifs is 2. The zero-order valence-corrected chi connectivity index (χ0v) is 20.6. The number of ether oxygens (including phenoxy) is 1. The first kappa shape index (κ1) is 23.1. The van der Waals surface area contributed by atoms with Gasteiger partial charge in [-0.25, -0.2) is 9.78 Å². The van der Waals surface area contributed by atoms with Gasteiger partial charge in [-0.3, -0.25) is 4.79 Å². The van der Waals surface area contributed by atoms with Crippen molar-refractivity contribution in [1.29, 1.82) is 0 Å². The van der Waals surface area contributed by atoms with Gasteiger partial charge in [0.15, 0.2) is 6.61 Å². The van der Waals surface area contributed by atoms with Gasteiger partial charge in [0.2, 0.25) is 5.78 Å². The third-order valence-corrected chi connectivity index (χ3v) is 7.02. The number of hydrogen-bond donors (Lipinski definition) is 0. The molecule has 0 bridgehead atoms. The highest BCUT2D eigenvalue weighted by Gasteiger charge is 2.28. The van der Waals surface area contributed by atoms with Crippen LogP contribution in [-0.4, -0.2) is 27.9 Å². The second-order valence-electron chi connectivity index (χ2n) is 8.90. The van der Waals surface area contributed by atoms with E-state index in [1.807, 2.05) is 80.1 Å². The van der Waals surface area contributed by atoms with Crippen LogP contribution in [0.1, 0.15) is 55.3 Å². The fourth-order valence-corrected chi connectivity index (χ4v) is 4.82. The maximum absolute atomic E-state index is 13.4. The Morgan fingerprint density at radius 3 is 2.54 bits per heavy atom. The van der Waals surface area contributed by atoms with Gasteiger partial charge in [-0.05, 0) is 73.7 Å². The van der Waals surface area contributed by atoms with E-state index in [2.05, 4.69) is 6.08 Å². The molecule has 0 aliphatic heterocycles. The highest BCUT2D eigenvalue weighted by molar-refractivity contribution is 6.30. The summed E-state index contributed by atoms with van der Waals surface area (Å²) in [5, 5.41) is 1.42. The molecule has 35 heavy (non-hydrogen) atoms. The van der Waals surface area contributed by atoms with Crippen molar-refractivity contribution in [3.8, 4) is 0 Å². The van der Waals surface area contributed by atoms with Gasteiger partial charge in [0.1, 0.15) is 0 Å². The highest BCUT2D eigenvalue weighted by atomic mass is 35.5. The summed E-state index contributed by atoms with van der Waals surface area (Å²) in [6.07, 6.45) is 3.54. The topological polar surface area (TPSA) is 61.2 Å². The first-order valence-corrected chi connectivity index (χ1v) is 11.9. The molecule has 0 unspecified atom stereocenters. The molecule has 2 aromatic carbocycles. The number of pyridine rings is 1. The second-order valence-corrected chi connectivity index (χ2v) is 9.33. The molecule has 5 rings (SSSR count). The molecule has 0 saturated carbocycles. The van der Waals surface area contributed by atoms with Crippen LogP contribution in [0.25, 0.3) is 22.6 Å². The standard InChI is InChI=1S/C29H25ClN2O3/c1-17-14-24(18(2)32(17)3)26(33)16-35-29(34)27-22-6-4-5-7-25(22)31-28-20(10-13-23(27)28)15-19-8-11-21(30)12-9-19/h4-9,11-12,14-15H,10,13,16H2,1-3H3. The maximum Gasteiger partial charge on any atom is 0.339 e. The Kier molecular flexibility index (Phi) is 6.03. The summed E-state index contributed by atoms with van der Waals surface area (Å²) in [5.74, 6) is -0.705. The Labute approximate surface area is 209 Å². The molecule has 0 amide bonds. The number of carbonyl (C=O) groups is 2. The van der Waals surface area contributed by atoms with E-state index in [1.165, 1.54) is 0 Å². The summed E-state index contributed by atoms with van der Waals surface area (Å²) in [4.78, 5) is 31.1. The first-order valence-electron chi connectivity index (χ1n) is 11.5. The Bertz CT molecular complexity index is 1510. The molecule has 6 heteroatoms. The van der Waals surface area contributed by atoms with E-state index in [-0.39, 0.29) is 12.4 Å². The fraction of sp³-hybridized carbons (Fsp3) is 0.207. The van der Waals surface area contributed by atoms with Crippen LogP contribution in [0.4, 0.5) is 0 Å². The number of esters is 1. The molecular formula is C29H25ClN2O3. The second kappa shape index (κ2) is 9.16. The van der Waals surface area contributed by atoms with Crippen LogP contribution in [-0.2, 0) is 18.2 Å². The van der Waals surface area contributed by atoms with Crippen LogP contribution in [0.15, 0.2) is 54.6 Å². The summed E-state index contributed by atoms with van der Waals surface area (Å²) in [6.45, 7) is 3.53. The zero-order valence-electron chi connectivity index (χ0n) is 19.9. The number of carbonyl (C=O) groups excluding carboxylic acids is 2. The van der Waals surface area contributed by atoms with E-state index in [1.54, 1.807) is 0 Å². The molecule has 1 aliphatic carbocycles. The summed E-state index contributed by atoms with van der Waals surface area (Å²) in [5.41, 5.74) is 7.41. The third-order valence-electron chi connectivity index (χ3n) is 6.77. The fourth-order valence-electron chi connectivity index (χ4n) is 4.69. The van der Waals surface area contributed by atoms with Crippen LogP contribution in [0.5, 0.6) is 0 Å². The number of nitrogens with zero attached hydrogens (tertiary/aromatic N) is 2. The number of rotatable bonds is 5. The lowest BCUT2D eigenvalue weighted by atomic mass is 10.0. The normalized spacial score (nSPS) is 13.9. The molecule has 176 valence electrons. The van der Waals surface area contributed by atoms with Crippen molar-refractivity contribution < 1.29 is 14.3 Å². The van der Waals surface area contributed by atoms with Gasteiger partial charge in [-0.2, -0.15) is 0 Å². The number of halogens is 1. The van der Waals surface area contributed by atoms with Gasteiger partial charge in [0, 0.05) is 34.4 Å². The quantitative estimate of drug-likeness (QED) is 0.244. The number of Topliss-reactive ketones (excluding diaryl/α,β-unsaturated/α-hetero) is 1. The van der Waals surface area contributed by atoms with Crippen molar-refractivity contribution >= 4 is 45.9 Å². The van der Waals surface area contributed by atoms with Crippen molar-refractivity contribution in [2.75, 3.05) is 6.61 Å². The predicted molar refractivity (Wildman–Crippen MR) is 139 cm³/mol. The number of ketones is 1. The molecule has 0 atom stereocenters. The molecule has 0 fully saturated rings. The monoisotopic (exact) mass is 484 g/mol. The Hall–Kier alpha value is -3.70. The van der Waals surface area contributed by atoms with Crippen LogP contribution in [0, 0.1) is 13.8 Å². The lowest BCUT2D eigenvalue weighted by molar-refractivity contribution is 0.0475. The van der Waals surface area contributed by atoms with Crippen molar-refractivity contribution in [2.45, 2.75) is 26.7 Å². The van der Waals surface area contributed by atoms with Gasteiger partial charge < -0.3 is 9.30 Å². The molecule has 0 N–H and O–H groups in total. The molecule has 0 radical (unpaired) electrons. The van der Waals surface area contributed by atoms with Gasteiger partial charge >= 0.3 is 5.97 Å². The molecular weight excluding hydrogens is 460 g/mol. The summed E-state index contributed by atoms with van der Waals surface area (Å²) < 4.78 is 7.54. The van der Waals surface area contributed by atoms with Crippen molar-refractivity contribution in [3.63, 3.8) is 0 Å². The van der Waals surface area contributed by atoms with E-state index < -0.39 is 5.97 Å². The Morgan fingerprint density at radius 2 is 1.83 bits per heavy atom. The van der Waals surface area contributed by atoms with Crippen LogP contribution in [0.3, 0.4) is 0 Å². The average Bonchev–Trinajstić information content (AvgIpc) is 3.37. The average molecular weight is 485 g/mol. The first-order chi connectivity index (χ1) is 16.8. The van der Waals surface area contributed by atoms with E-state index in [0.717, 1.165) is 51.1 Å². The summed E-state index contributed by atoms with van der Waals surface area (Å²) in [7, 11) is 1.91. The minimum Gasteiger partial charge on any atom is -0.454 e. The van der Waals surface area contributed by atoms with Crippen molar-refractivity contribution in [3.05, 3.63) is 99.0 Å². The molecule has 5 nitrogen and oxygen atoms in total. The molecule has 2 heterocycles. The summed E-state index contributed by atoms with van der Waals surface area (Å²) >= 11 is 6.03. The Morgan fingerprint density at radius 1 is 1.09 bits per heavy atom. The van der Waals surface area contributed by atoms with Crippen molar-refractivity contribution in [2.24, 2.45) is 7.05 Å². The lowest BCUT2D eigenvalue weighted by Crippen LogP contribution is -2.17. The number of para-hydroxylation sites is 1. The number of allylic oxidation sites excluding steroid dienone is 1. The predicted octanol–water partition coefficient (Wildman–Crippen LogP) is 6.37. The van der Waals surface area contributed by atoms with Crippen LogP contribution < -0.4 is 0 Å². The lowest BCUT2D eigenvalue weighted by Gasteiger charge is -2.12.